The van der Waals surface area contributed by atoms with Crippen molar-refractivity contribution in [3.63, 3.8) is 0 Å². The maximum atomic E-state index is 11.0. The number of rotatable bonds is 2. The van der Waals surface area contributed by atoms with E-state index >= 15 is 0 Å². The third-order valence-electron chi connectivity index (χ3n) is 5.12. The molecule has 22 heavy (non-hydrogen) atoms. The molecule has 0 atom stereocenters. The van der Waals surface area contributed by atoms with Gasteiger partial charge in [0.1, 0.15) is 11.3 Å². The fourth-order valence-corrected chi connectivity index (χ4v) is 3.93. The van der Waals surface area contributed by atoms with E-state index in [-0.39, 0.29) is 5.75 Å². The molecule has 0 radical (unpaired) electrons. The summed E-state index contributed by atoms with van der Waals surface area (Å²) in [7, 11) is 0. The number of ether oxygens (including phenoxy) is 2. The van der Waals surface area contributed by atoms with Crippen LogP contribution in [0.15, 0.2) is 4.99 Å². The lowest BCUT2D eigenvalue weighted by Gasteiger charge is -2.41. The quantitative estimate of drug-likeness (QED) is 0.673. The van der Waals surface area contributed by atoms with Gasteiger partial charge in [0, 0.05) is 16.7 Å². The summed E-state index contributed by atoms with van der Waals surface area (Å²) in [4.78, 5) is 15.1. The van der Waals surface area contributed by atoms with Crippen LogP contribution < -0.4 is 9.47 Å². The van der Waals surface area contributed by atoms with Crippen LogP contribution in [0.2, 0.25) is 0 Å². The van der Waals surface area contributed by atoms with Gasteiger partial charge < -0.3 is 14.6 Å². The zero-order valence-corrected chi connectivity index (χ0v) is 12.5. The Morgan fingerprint density at radius 2 is 1.68 bits per heavy atom. The third kappa shape index (κ3) is 1.78. The minimum atomic E-state index is -0.526. The molecule has 3 aliphatic rings. The Morgan fingerprint density at radius 1 is 1.00 bits per heavy atom. The van der Waals surface area contributed by atoms with E-state index in [2.05, 4.69) is 4.99 Å². The molecule has 5 heteroatoms. The minimum Gasteiger partial charge on any atom is -0.504 e. The van der Waals surface area contributed by atoms with E-state index in [4.69, 9.17) is 9.47 Å². The van der Waals surface area contributed by atoms with Gasteiger partial charge in [-0.3, -0.25) is 0 Å². The molecule has 1 aromatic rings. The number of aromatic hydroxyl groups is 1. The molecule has 1 saturated carbocycles. The van der Waals surface area contributed by atoms with E-state index in [0.29, 0.717) is 19.0 Å². The second-order valence-electron chi connectivity index (χ2n) is 6.33. The fraction of sp³-hybridized carbons (Fsp3) is 0.588. The lowest BCUT2D eigenvalue weighted by atomic mass is 9.69. The van der Waals surface area contributed by atoms with Crippen LogP contribution in [-0.4, -0.2) is 24.4 Å². The summed E-state index contributed by atoms with van der Waals surface area (Å²) in [5.41, 5.74) is 2.24. The lowest BCUT2D eigenvalue weighted by Crippen LogP contribution is -2.35. The van der Waals surface area contributed by atoms with Crippen LogP contribution in [0, 0.1) is 0 Å². The van der Waals surface area contributed by atoms with Crippen LogP contribution in [0.25, 0.3) is 0 Å². The number of isocyanates is 1. The molecule has 1 N–H and O–H groups in total. The van der Waals surface area contributed by atoms with Crippen molar-refractivity contribution in [1.82, 2.24) is 0 Å². The first kappa shape index (κ1) is 13.6. The number of fused-ring (bicyclic) bond motifs is 2. The molecule has 0 amide bonds. The molecular formula is C17H19NO4. The van der Waals surface area contributed by atoms with Crippen molar-refractivity contribution >= 4 is 6.08 Å². The van der Waals surface area contributed by atoms with Gasteiger partial charge >= 0.3 is 0 Å². The second kappa shape index (κ2) is 5.03. The van der Waals surface area contributed by atoms with Crippen molar-refractivity contribution in [1.29, 1.82) is 0 Å². The van der Waals surface area contributed by atoms with Gasteiger partial charge in [-0.15, -0.1) is 0 Å². The van der Waals surface area contributed by atoms with Crippen LogP contribution in [-0.2, 0) is 23.2 Å². The SMILES string of the molecule is O=C=NC1(c2c3c(c(O)c4c2OCCC4)OCCC3)CCC1. The molecule has 1 aromatic carbocycles. The number of aliphatic imine (C=N–C) groups is 1. The highest BCUT2D eigenvalue weighted by atomic mass is 16.5. The lowest BCUT2D eigenvalue weighted by molar-refractivity contribution is 0.214. The first-order chi connectivity index (χ1) is 10.8. The van der Waals surface area contributed by atoms with Gasteiger partial charge in [-0.05, 0) is 44.9 Å². The summed E-state index contributed by atoms with van der Waals surface area (Å²) in [5.74, 6) is 1.54. The Balaban J connectivity index is 2.01. The van der Waals surface area contributed by atoms with Crippen LogP contribution >= 0.6 is 0 Å². The number of hydrogen-bond donors (Lipinski definition) is 1. The number of hydrogen-bond acceptors (Lipinski definition) is 5. The summed E-state index contributed by atoms with van der Waals surface area (Å²) in [6.45, 7) is 1.25. The summed E-state index contributed by atoms with van der Waals surface area (Å²) < 4.78 is 11.7. The smallest absolute Gasteiger partial charge is 0.235 e. The third-order valence-corrected chi connectivity index (χ3v) is 5.12. The highest BCUT2D eigenvalue weighted by molar-refractivity contribution is 5.66. The van der Waals surface area contributed by atoms with E-state index < -0.39 is 5.54 Å². The molecule has 4 rings (SSSR count). The van der Waals surface area contributed by atoms with Crippen molar-refractivity contribution in [3.8, 4) is 17.2 Å². The van der Waals surface area contributed by atoms with Crippen LogP contribution in [0.3, 0.4) is 0 Å². The molecule has 0 spiro atoms. The van der Waals surface area contributed by atoms with Gasteiger partial charge in [0.15, 0.2) is 11.5 Å². The molecule has 2 aliphatic heterocycles. The topological polar surface area (TPSA) is 68.1 Å². The number of nitrogens with zero attached hydrogens (tertiary/aromatic N) is 1. The average Bonchev–Trinajstić information content (AvgIpc) is 2.52. The van der Waals surface area contributed by atoms with Crippen molar-refractivity contribution < 1.29 is 19.4 Å². The molecule has 2 heterocycles. The minimum absolute atomic E-state index is 0.220. The Labute approximate surface area is 129 Å². The second-order valence-corrected chi connectivity index (χ2v) is 6.33. The number of benzene rings is 1. The van der Waals surface area contributed by atoms with E-state index in [0.717, 1.165) is 67.4 Å². The van der Waals surface area contributed by atoms with E-state index in [1.807, 2.05) is 0 Å². The summed E-state index contributed by atoms with van der Waals surface area (Å²) >= 11 is 0. The molecular weight excluding hydrogens is 282 g/mol. The Morgan fingerprint density at radius 3 is 2.32 bits per heavy atom. The molecule has 0 aromatic heterocycles. The normalized spacial score (nSPS) is 21.3. The first-order valence-electron chi connectivity index (χ1n) is 8.02. The van der Waals surface area contributed by atoms with Crippen LogP contribution in [0.1, 0.15) is 48.8 Å². The van der Waals surface area contributed by atoms with Crippen molar-refractivity contribution in [2.75, 3.05) is 13.2 Å². The first-order valence-corrected chi connectivity index (χ1v) is 8.02. The summed E-state index contributed by atoms with van der Waals surface area (Å²) in [5, 5.41) is 10.6. The standard InChI is InChI=1S/C17H19NO4/c19-10-18-17(6-3-7-17)13-11-4-1-9-22-16(11)14(20)12-5-2-8-21-15(12)13/h20H,1-9H2. The van der Waals surface area contributed by atoms with Gasteiger partial charge in [0.2, 0.25) is 6.08 Å². The Hall–Kier alpha value is -2.00. The molecule has 5 nitrogen and oxygen atoms in total. The van der Waals surface area contributed by atoms with Crippen LogP contribution in [0.5, 0.6) is 17.2 Å². The van der Waals surface area contributed by atoms with E-state index in [1.165, 1.54) is 0 Å². The van der Waals surface area contributed by atoms with Gasteiger partial charge in [-0.25, -0.2) is 4.79 Å². The zero-order chi connectivity index (χ0) is 15.2. The van der Waals surface area contributed by atoms with Crippen LogP contribution in [0.4, 0.5) is 0 Å². The maximum Gasteiger partial charge on any atom is 0.235 e. The largest absolute Gasteiger partial charge is 0.504 e. The van der Waals surface area contributed by atoms with Gasteiger partial charge in [0.25, 0.3) is 0 Å². The molecule has 1 fully saturated rings. The Bertz CT molecular complexity index is 635. The number of phenolic OH excluding ortho intramolecular Hbond substituents is 1. The fourth-order valence-electron chi connectivity index (χ4n) is 3.93. The highest BCUT2D eigenvalue weighted by Crippen LogP contribution is 2.56. The molecule has 116 valence electrons. The van der Waals surface area contributed by atoms with Gasteiger partial charge in [-0.2, -0.15) is 4.99 Å². The predicted molar refractivity (Wildman–Crippen MR) is 79.4 cm³/mol. The van der Waals surface area contributed by atoms with Crippen molar-refractivity contribution in [2.24, 2.45) is 4.99 Å². The summed E-state index contributed by atoms with van der Waals surface area (Å²) in [6.07, 6.45) is 7.82. The monoisotopic (exact) mass is 301 g/mol. The molecule has 0 bridgehead atoms. The highest BCUT2D eigenvalue weighted by Gasteiger charge is 2.46. The van der Waals surface area contributed by atoms with Crippen molar-refractivity contribution in [2.45, 2.75) is 50.5 Å². The predicted octanol–water partition coefficient (Wildman–Crippen LogP) is 2.76. The van der Waals surface area contributed by atoms with Crippen molar-refractivity contribution in [3.05, 3.63) is 16.7 Å². The van der Waals surface area contributed by atoms with E-state index in [9.17, 15) is 9.90 Å². The summed E-state index contributed by atoms with van der Waals surface area (Å²) in [6, 6.07) is 0. The Kier molecular flexibility index (Phi) is 3.12. The number of carbonyl (C=O) groups excluding carboxylic acids is 1. The van der Waals surface area contributed by atoms with Gasteiger partial charge in [0.05, 0.1) is 13.2 Å². The molecule has 0 unspecified atom stereocenters. The maximum absolute atomic E-state index is 11.0. The number of phenols is 1. The van der Waals surface area contributed by atoms with E-state index in [1.54, 1.807) is 6.08 Å². The zero-order valence-electron chi connectivity index (χ0n) is 12.5. The average molecular weight is 301 g/mol. The molecule has 1 aliphatic carbocycles. The van der Waals surface area contributed by atoms with Gasteiger partial charge in [-0.1, -0.05) is 0 Å². The molecule has 0 saturated heterocycles.